The number of likely N-dealkylation sites (tertiary alicyclic amines) is 1. The number of hydrogen-bond acceptors (Lipinski definition) is 6. The highest BCUT2D eigenvalue weighted by Gasteiger charge is 2.30. The zero-order valence-electron chi connectivity index (χ0n) is 16.8. The third kappa shape index (κ3) is 5.31. The van der Waals surface area contributed by atoms with Crippen molar-refractivity contribution in [3.8, 4) is 11.8 Å². The molecule has 0 bridgehead atoms. The predicted octanol–water partition coefficient (Wildman–Crippen LogP) is 2.13. The van der Waals surface area contributed by atoms with E-state index in [0.717, 1.165) is 6.42 Å². The fourth-order valence-electron chi connectivity index (χ4n) is 3.02. The van der Waals surface area contributed by atoms with Crippen LogP contribution in [0.25, 0.3) is 5.69 Å². The van der Waals surface area contributed by atoms with Crippen molar-refractivity contribution in [3.63, 3.8) is 0 Å². The topological polar surface area (TPSA) is 113 Å². The summed E-state index contributed by atoms with van der Waals surface area (Å²) in [6, 6.07) is 8.94. The Kier molecular flexibility index (Phi) is 5.82. The molecule has 0 spiro atoms. The maximum Gasteiger partial charge on any atom is 0.410 e. The lowest BCUT2D eigenvalue weighted by Crippen LogP contribution is -2.36. The molecular formula is C20H24N6O3. The molecule has 0 aliphatic carbocycles. The van der Waals surface area contributed by atoms with Gasteiger partial charge in [-0.05, 0) is 51.3 Å². The van der Waals surface area contributed by atoms with Gasteiger partial charge in [-0.15, -0.1) is 5.10 Å². The van der Waals surface area contributed by atoms with Crippen molar-refractivity contribution in [1.29, 1.82) is 5.26 Å². The zero-order valence-corrected chi connectivity index (χ0v) is 16.8. The highest BCUT2D eigenvalue weighted by Crippen LogP contribution is 2.19. The second kappa shape index (κ2) is 8.31. The predicted molar refractivity (Wildman–Crippen MR) is 104 cm³/mol. The number of hydrogen-bond donors (Lipinski definition) is 1. The van der Waals surface area contributed by atoms with Crippen molar-refractivity contribution >= 4 is 12.0 Å². The number of ether oxygens (including phenoxy) is 1. The van der Waals surface area contributed by atoms with Crippen molar-refractivity contribution in [1.82, 2.24) is 25.0 Å². The lowest BCUT2D eigenvalue weighted by atomic mass is 10.1. The van der Waals surface area contributed by atoms with Crippen LogP contribution in [0, 0.1) is 17.2 Å². The molecule has 152 valence electrons. The Labute approximate surface area is 169 Å². The van der Waals surface area contributed by atoms with Gasteiger partial charge in [0.15, 0.2) is 0 Å². The molecule has 9 nitrogen and oxygen atoms in total. The van der Waals surface area contributed by atoms with Gasteiger partial charge in [-0.3, -0.25) is 4.79 Å². The molecule has 3 rings (SSSR count). The summed E-state index contributed by atoms with van der Waals surface area (Å²) in [4.78, 5) is 30.2. The fourth-order valence-corrected chi connectivity index (χ4v) is 3.02. The molecule has 2 amide bonds. The first-order valence-electron chi connectivity index (χ1n) is 9.43. The Hall–Kier alpha value is -3.41. The van der Waals surface area contributed by atoms with Gasteiger partial charge in [0, 0.05) is 19.6 Å². The Bertz CT molecular complexity index is 940. The van der Waals surface area contributed by atoms with E-state index in [1.54, 1.807) is 29.2 Å². The number of aromatic nitrogens is 3. The number of nitrogens with zero attached hydrogens (tertiary/aromatic N) is 5. The summed E-state index contributed by atoms with van der Waals surface area (Å²) in [5.74, 6) is -0.175. The van der Waals surface area contributed by atoms with Gasteiger partial charge in [0.25, 0.3) is 5.91 Å². The number of carbonyl (C=O) groups is 2. The van der Waals surface area contributed by atoms with E-state index in [1.165, 1.54) is 11.0 Å². The molecule has 29 heavy (non-hydrogen) atoms. The molecule has 0 unspecified atom stereocenters. The SMILES string of the molecule is CC(C)(C)OC(=O)N1CC[C@H](CNC(=O)c2ncn(-c3cccc(C#N)c3)n2)C1. The lowest BCUT2D eigenvalue weighted by Gasteiger charge is -2.24. The molecule has 1 aromatic heterocycles. The minimum atomic E-state index is -0.527. The van der Waals surface area contributed by atoms with Crippen LogP contribution in [0.1, 0.15) is 43.4 Å². The van der Waals surface area contributed by atoms with E-state index in [-0.39, 0.29) is 23.7 Å². The molecule has 1 atom stereocenters. The van der Waals surface area contributed by atoms with Crippen LogP contribution in [0.2, 0.25) is 0 Å². The number of carbonyl (C=O) groups excluding carboxylic acids is 2. The van der Waals surface area contributed by atoms with Gasteiger partial charge in [0.05, 0.1) is 17.3 Å². The summed E-state index contributed by atoms with van der Waals surface area (Å²) >= 11 is 0. The maximum absolute atomic E-state index is 12.4. The van der Waals surface area contributed by atoms with E-state index in [0.29, 0.717) is 30.9 Å². The van der Waals surface area contributed by atoms with Gasteiger partial charge in [-0.1, -0.05) is 6.07 Å². The number of nitriles is 1. The summed E-state index contributed by atoms with van der Waals surface area (Å²) in [5.41, 5.74) is 0.625. The van der Waals surface area contributed by atoms with Crippen LogP contribution in [0.15, 0.2) is 30.6 Å². The Morgan fingerprint density at radius 2 is 2.17 bits per heavy atom. The van der Waals surface area contributed by atoms with E-state index in [4.69, 9.17) is 10.00 Å². The van der Waals surface area contributed by atoms with Crippen molar-refractivity contribution in [2.75, 3.05) is 19.6 Å². The molecule has 1 aliphatic rings. The summed E-state index contributed by atoms with van der Waals surface area (Å²) < 4.78 is 6.84. The Morgan fingerprint density at radius 1 is 1.38 bits per heavy atom. The molecule has 2 heterocycles. The number of benzene rings is 1. The lowest BCUT2D eigenvalue weighted by molar-refractivity contribution is 0.0288. The molecule has 1 N–H and O–H groups in total. The molecule has 9 heteroatoms. The van der Waals surface area contributed by atoms with Gasteiger partial charge in [0.2, 0.25) is 5.82 Å². The fraction of sp³-hybridized carbons (Fsp3) is 0.450. The minimum Gasteiger partial charge on any atom is -0.444 e. The number of rotatable bonds is 4. The standard InChI is InChI=1S/C20H24N6O3/c1-20(2,3)29-19(28)25-8-7-15(12-25)11-22-18(27)17-23-13-26(24-17)16-6-4-5-14(9-16)10-21/h4-6,9,13,15H,7-8,11-12H2,1-3H3,(H,22,27)/t15-/m1/s1. The second-order valence-corrected chi connectivity index (χ2v) is 7.97. The van der Waals surface area contributed by atoms with E-state index >= 15 is 0 Å². The van der Waals surface area contributed by atoms with E-state index in [9.17, 15) is 9.59 Å². The summed E-state index contributed by atoms with van der Waals surface area (Å²) in [7, 11) is 0. The first-order valence-corrected chi connectivity index (χ1v) is 9.43. The molecule has 1 fully saturated rings. The van der Waals surface area contributed by atoms with E-state index < -0.39 is 5.60 Å². The van der Waals surface area contributed by atoms with Gasteiger partial charge in [-0.25, -0.2) is 14.5 Å². The van der Waals surface area contributed by atoms with Gasteiger partial charge < -0.3 is 15.0 Å². The number of nitrogens with one attached hydrogen (secondary N) is 1. The third-order valence-corrected chi connectivity index (χ3v) is 4.42. The van der Waals surface area contributed by atoms with Crippen LogP contribution in [0.5, 0.6) is 0 Å². The van der Waals surface area contributed by atoms with Crippen molar-refractivity contribution in [2.24, 2.45) is 5.92 Å². The number of amides is 2. The molecule has 1 saturated heterocycles. The van der Waals surface area contributed by atoms with Crippen LogP contribution >= 0.6 is 0 Å². The summed E-state index contributed by atoms with van der Waals surface area (Å²) in [5, 5.41) is 16.0. The monoisotopic (exact) mass is 396 g/mol. The normalized spacial score (nSPS) is 16.3. The Morgan fingerprint density at radius 3 is 2.90 bits per heavy atom. The molecular weight excluding hydrogens is 372 g/mol. The highest BCUT2D eigenvalue weighted by molar-refractivity contribution is 5.90. The zero-order chi connectivity index (χ0) is 21.0. The molecule has 1 aromatic carbocycles. The van der Waals surface area contributed by atoms with Crippen LogP contribution in [-0.2, 0) is 4.74 Å². The van der Waals surface area contributed by atoms with E-state index in [2.05, 4.69) is 21.5 Å². The molecule has 2 aromatic rings. The van der Waals surface area contributed by atoms with Crippen LogP contribution in [-0.4, -0.2) is 56.9 Å². The first kappa shape index (κ1) is 20.3. The smallest absolute Gasteiger partial charge is 0.410 e. The van der Waals surface area contributed by atoms with Crippen LogP contribution < -0.4 is 5.32 Å². The minimum absolute atomic E-state index is 0.0503. The third-order valence-electron chi connectivity index (χ3n) is 4.42. The molecule has 1 aliphatic heterocycles. The van der Waals surface area contributed by atoms with Gasteiger partial charge in [0.1, 0.15) is 11.9 Å². The van der Waals surface area contributed by atoms with E-state index in [1.807, 2.05) is 20.8 Å². The average molecular weight is 396 g/mol. The van der Waals surface area contributed by atoms with Crippen LogP contribution in [0.3, 0.4) is 0 Å². The second-order valence-electron chi connectivity index (χ2n) is 7.97. The Balaban J connectivity index is 1.52. The quantitative estimate of drug-likeness (QED) is 0.847. The average Bonchev–Trinajstić information content (AvgIpc) is 3.34. The van der Waals surface area contributed by atoms with Gasteiger partial charge >= 0.3 is 6.09 Å². The van der Waals surface area contributed by atoms with Crippen molar-refractivity contribution < 1.29 is 14.3 Å². The summed E-state index contributed by atoms with van der Waals surface area (Å²) in [6.07, 6.45) is 1.90. The van der Waals surface area contributed by atoms with Crippen LogP contribution in [0.4, 0.5) is 4.79 Å². The largest absolute Gasteiger partial charge is 0.444 e. The highest BCUT2D eigenvalue weighted by atomic mass is 16.6. The summed E-state index contributed by atoms with van der Waals surface area (Å²) in [6.45, 7) is 7.08. The first-order chi connectivity index (χ1) is 13.7. The maximum atomic E-state index is 12.4. The van der Waals surface area contributed by atoms with Crippen molar-refractivity contribution in [2.45, 2.75) is 32.8 Å². The van der Waals surface area contributed by atoms with Crippen molar-refractivity contribution in [3.05, 3.63) is 42.0 Å². The molecule has 0 saturated carbocycles. The van der Waals surface area contributed by atoms with Gasteiger partial charge in [-0.2, -0.15) is 5.26 Å². The molecule has 0 radical (unpaired) electrons.